The van der Waals surface area contributed by atoms with Crippen molar-refractivity contribution in [3.05, 3.63) is 35.4 Å². The van der Waals surface area contributed by atoms with Crippen LogP contribution < -0.4 is 5.32 Å². The average molecular weight is 288 g/mol. The summed E-state index contributed by atoms with van der Waals surface area (Å²) in [5, 5.41) is 3.28. The summed E-state index contributed by atoms with van der Waals surface area (Å²) in [6.45, 7) is 6.97. The molecule has 1 N–H and O–H groups in total. The van der Waals surface area contributed by atoms with E-state index >= 15 is 0 Å². The quantitative estimate of drug-likeness (QED) is 0.774. The zero-order valence-corrected chi connectivity index (χ0v) is 12.3. The van der Waals surface area contributed by atoms with E-state index in [1.807, 2.05) is 11.9 Å². The van der Waals surface area contributed by atoms with Crippen LogP contribution in [-0.2, 0) is 12.7 Å². The van der Waals surface area contributed by atoms with Crippen molar-refractivity contribution in [2.45, 2.75) is 26.6 Å². The molecular formula is C15H23F3N2. The first-order valence-electron chi connectivity index (χ1n) is 6.85. The predicted octanol–water partition coefficient (Wildman–Crippen LogP) is 3.38. The second-order valence-electron chi connectivity index (χ2n) is 5.49. The van der Waals surface area contributed by atoms with Crippen LogP contribution in [0.2, 0.25) is 0 Å². The summed E-state index contributed by atoms with van der Waals surface area (Å²) in [5.74, 6) is 0.575. The number of hydrogen-bond acceptors (Lipinski definition) is 2. The number of halogens is 3. The molecule has 114 valence electrons. The molecule has 0 spiro atoms. The normalized spacial score (nSPS) is 12.4. The van der Waals surface area contributed by atoms with Gasteiger partial charge < -0.3 is 10.2 Å². The molecule has 20 heavy (non-hydrogen) atoms. The molecule has 2 nitrogen and oxygen atoms in total. The molecule has 0 unspecified atom stereocenters. The Labute approximate surface area is 119 Å². The van der Waals surface area contributed by atoms with Crippen molar-refractivity contribution in [2.24, 2.45) is 5.92 Å². The van der Waals surface area contributed by atoms with Crippen molar-refractivity contribution in [3.8, 4) is 0 Å². The van der Waals surface area contributed by atoms with Crippen LogP contribution in [0.25, 0.3) is 0 Å². The fourth-order valence-corrected chi connectivity index (χ4v) is 1.97. The Morgan fingerprint density at radius 1 is 1.20 bits per heavy atom. The van der Waals surface area contributed by atoms with Crippen LogP contribution in [0.15, 0.2) is 24.3 Å². The highest BCUT2D eigenvalue weighted by Crippen LogP contribution is 2.32. The fraction of sp³-hybridized carbons (Fsp3) is 0.600. The van der Waals surface area contributed by atoms with Crippen molar-refractivity contribution in [2.75, 3.05) is 26.7 Å². The number of rotatable bonds is 7. The summed E-state index contributed by atoms with van der Waals surface area (Å²) >= 11 is 0. The summed E-state index contributed by atoms with van der Waals surface area (Å²) in [7, 11) is 1.84. The van der Waals surface area contributed by atoms with Crippen LogP contribution in [0.3, 0.4) is 0 Å². The second-order valence-corrected chi connectivity index (χ2v) is 5.49. The number of benzene rings is 1. The highest BCUT2D eigenvalue weighted by atomic mass is 19.4. The Balaban J connectivity index is 2.52. The third kappa shape index (κ3) is 5.92. The maximum atomic E-state index is 12.9. The molecule has 0 aliphatic heterocycles. The molecule has 0 bridgehead atoms. The third-order valence-corrected chi connectivity index (χ3v) is 2.99. The molecule has 0 aliphatic carbocycles. The summed E-state index contributed by atoms with van der Waals surface area (Å²) in [4.78, 5) is 1.90. The van der Waals surface area contributed by atoms with Gasteiger partial charge in [0.25, 0.3) is 0 Å². The van der Waals surface area contributed by atoms with E-state index in [1.54, 1.807) is 12.1 Å². The van der Waals surface area contributed by atoms with Crippen LogP contribution in [0.1, 0.15) is 25.0 Å². The zero-order valence-electron chi connectivity index (χ0n) is 12.3. The van der Waals surface area contributed by atoms with Crippen molar-refractivity contribution < 1.29 is 13.2 Å². The van der Waals surface area contributed by atoms with Gasteiger partial charge in [-0.05, 0) is 31.1 Å². The monoisotopic (exact) mass is 288 g/mol. The fourth-order valence-electron chi connectivity index (χ4n) is 1.97. The number of likely N-dealkylation sites (N-methyl/N-ethyl adjacent to an activating group) is 1. The zero-order chi connectivity index (χ0) is 15.2. The molecule has 1 aromatic rings. The Kier molecular flexibility index (Phi) is 6.49. The Bertz CT molecular complexity index is 402. The average Bonchev–Trinajstić information content (AvgIpc) is 2.34. The van der Waals surface area contributed by atoms with Gasteiger partial charge in [0.15, 0.2) is 0 Å². The Morgan fingerprint density at radius 2 is 1.85 bits per heavy atom. The number of hydrogen-bond donors (Lipinski definition) is 1. The minimum Gasteiger partial charge on any atom is -0.315 e. The summed E-state index contributed by atoms with van der Waals surface area (Å²) in [6.07, 6.45) is -4.28. The maximum Gasteiger partial charge on any atom is 0.416 e. The first kappa shape index (κ1) is 17.0. The van der Waals surface area contributed by atoms with Gasteiger partial charge in [-0.15, -0.1) is 0 Å². The van der Waals surface area contributed by atoms with Crippen LogP contribution in [0.5, 0.6) is 0 Å². The molecule has 0 aliphatic rings. The molecular weight excluding hydrogens is 265 g/mol. The van der Waals surface area contributed by atoms with Gasteiger partial charge >= 0.3 is 6.18 Å². The topological polar surface area (TPSA) is 15.3 Å². The van der Waals surface area contributed by atoms with Gasteiger partial charge in [0.1, 0.15) is 0 Å². The summed E-state index contributed by atoms with van der Waals surface area (Å²) in [5.41, 5.74) is -0.214. The van der Waals surface area contributed by atoms with E-state index in [9.17, 15) is 13.2 Å². The van der Waals surface area contributed by atoms with Gasteiger partial charge in [-0.2, -0.15) is 13.2 Å². The van der Waals surface area contributed by atoms with Gasteiger partial charge in [0, 0.05) is 19.6 Å². The highest BCUT2D eigenvalue weighted by molar-refractivity contribution is 5.29. The van der Waals surface area contributed by atoms with E-state index in [4.69, 9.17) is 0 Å². The summed E-state index contributed by atoms with van der Waals surface area (Å²) in [6, 6.07) is 5.76. The van der Waals surface area contributed by atoms with Gasteiger partial charge in [0.05, 0.1) is 5.56 Å². The minimum atomic E-state index is -4.28. The van der Waals surface area contributed by atoms with E-state index < -0.39 is 11.7 Å². The maximum absolute atomic E-state index is 12.9. The molecule has 1 rings (SSSR count). The minimum absolute atomic E-state index is 0.305. The van der Waals surface area contributed by atoms with E-state index in [1.165, 1.54) is 6.07 Å². The molecule has 0 aromatic heterocycles. The van der Waals surface area contributed by atoms with E-state index in [0.717, 1.165) is 25.7 Å². The molecule has 0 fully saturated rings. The van der Waals surface area contributed by atoms with Crippen LogP contribution >= 0.6 is 0 Å². The van der Waals surface area contributed by atoms with Gasteiger partial charge in [0.2, 0.25) is 0 Å². The lowest BCUT2D eigenvalue weighted by molar-refractivity contribution is -0.138. The molecule has 0 atom stereocenters. The third-order valence-electron chi connectivity index (χ3n) is 2.99. The van der Waals surface area contributed by atoms with Gasteiger partial charge in [-0.25, -0.2) is 0 Å². The molecule has 0 amide bonds. The van der Waals surface area contributed by atoms with Crippen molar-refractivity contribution in [3.63, 3.8) is 0 Å². The van der Waals surface area contributed by atoms with Crippen LogP contribution in [-0.4, -0.2) is 31.6 Å². The number of alkyl halides is 3. The smallest absolute Gasteiger partial charge is 0.315 e. The van der Waals surface area contributed by atoms with Gasteiger partial charge in [-0.1, -0.05) is 32.0 Å². The summed E-state index contributed by atoms with van der Waals surface area (Å²) < 4.78 is 38.6. The Morgan fingerprint density at radius 3 is 2.45 bits per heavy atom. The lowest BCUT2D eigenvalue weighted by Gasteiger charge is -2.20. The molecule has 1 aromatic carbocycles. The first-order valence-corrected chi connectivity index (χ1v) is 6.85. The molecule has 5 heteroatoms. The van der Waals surface area contributed by atoms with E-state index in [2.05, 4.69) is 19.2 Å². The van der Waals surface area contributed by atoms with E-state index in [0.29, 0.717) is 18.0 Å². The van der Waals surface area contributed by atoms with E-state index in [-0.39, 0.29) is 0 Å². The Hall–Kier alpha value is -1.07. The van der Waals surface area contributed by atoms with Crippen LogP contribution in [0.4, 0.5) is 13.2 Å². The first-order chi connectivity index (χ1) is 9.30. The lowest BCUT2D eigenvalue weighted by atomic mass is 10.1. The SMILES string of the molecule is CC(C)CNCCN(C)Cc1ccccc1C(F)(F)F. The van der Waals surface area contributed by atoms with Crippen molar-refractivity contribution in [1.82, 2.24) is 10.2 Å². The molecule has 0 saturated carbocycles. The largest absolute Gasteiger partial charge is 0.416 e. The molecule has 0 radical (unpaired) electrons. The standard InChI is InChI=1S/C15H23F3N2/c1-12(2)10-19-8-9-20(3)11-13-6-4-5-7-14(13)15(16,17)18/h4-7,12,19H,8-11H2,1-3H3. The highest BCUT2D eigenvalue weighted by Gasteiger charge is 2.32. The number of nitrogens with zero attached hydrogens (tertiary/aromatic N) is 1. The van der Waals surface area contributed by atoms with Crippen LogP contribution in [0, 0.1) is 5.92 Å². The predicted molar refractivity (Wildman–Crippen MR) is 75.5 cm³/mol. The molecule has 0 saturated heterocycles. The van der Waals surface area contributed by atoms with Crippen molar-refractivity contribution >= 4 is 0 Å². The van der Waals surface area contributed by atoms with Crippen molar-refractivity contribution in [1.29, 1.82) is 0 Å². The molecule has 0 heterocycles. The van der Waals surface area contributed by atoms with Gasteiger partial charge in [-0.3, -0.25) is 0 Å². The second kappa shape index (κ2) is 7.64. The lowest BCUT2D eigenvalue weighted by Crippen LogP contribution is -2.31. The number of nitrogens with one attached hydrogen (secondary N) is 1.